The molecule has 5 rings (SSSR count). The molecule has 3 heterocycles. The van der Waals surface area contributed by atoms with Crippen LogP contribution >= 0.6 is 11.6 Å². The predicted molar refractivity (Wildman–Crippen MR) is 125 cm³/mol. The first kappa shape index (κ1) is 23.4. The average Bonchev–Trinajstić information content (AvgIpc) is 3.46. The molecule has 1 atom stereocenters. The lowest BCUT2D eigenvalue weighted by Gasteiger charge is -2.26. The number of pyridine rings is 1. The van der Waals surface area contributed by atoms with Gasteiger partial charge in [0.15, 0.2) is 9.84 Å². The van der Waals surface area contributed by atoms with Gasteiger partial charge in [0.05, 0.1) is 33.6 Å². The van der Waals surface area contributed by atoms with E-state index in [4.69, 9.17) is 25.8 Å². The van der Waals surface area contributed by atoms with Gasteiger partial charge in [0.1, 0.15) is 17.9 Å². The summed E-state index contributed by atoms with van der Waals surface area (Å²) in [7, 11) is -3.77. The standard InChI is InChI=1S/C24H26ClNO7S/c1-13(2)33-24(28)18-8-14-12-34(29,30)21-10-20(32-11-16-4-3-7-31-16)19(25)9-17(21)22(14)26(23(18)27)15-5-6-15/h8-10,13,15-16H,3-7,11-12H2,1-2H3/t16-/m1/s1. The smallest absolute Gasteiger partial charge is 0.344 e. The van der Waals surface area contributed by atoms with Gasteiger partial charge in [-0.25, -0.2) is 13.2 Å². The largest absolute Gasteiger partial charge is 0.489 e. The van der Waals surface area contributed by atoms with Crippen LogP contribution in [0.3, 0.4) is 0 Å². The molecule has 1 saturated heterocycles. The fourth-order valence-corrected chi connectivity index (χ4v) is 6.32. The number of esters is 1. The average molecular weight is 508 g/mol. The molecule has 182 valence electrons. The Morgan fingerprint density at radius 3 is 2.65 bits per heavy atom. The van der Waals surface area contributed by atoms with Gasteiger partial charge in [-0.05, 0) is 57.2 Å². The van der Waals surface area contributed by atoms with Crippen molar-refractivity contribution in [3.8, 4) is 17.0 Å². The van der Waals surface area contributed by atoms with Crippen LogP contribution < -0.4 is 10.3 Å². The molecule has 0 unspecified atom stereocenters. The minimum Gasteiger partial charge on any atom is -0.489 e. The molecule has 0 N–H and O–H groups in total. The Morgan fingerprint density at radius 2 is 2.00 bits per heavy atom. The Bertz CT molecular complexity index is 1320. The Balaban J connectivity index is 1.63. The van der Waals surface area contributed by atoms with E-state index in [1.54, 1.807) is 24.5 Å². The summed E-state index contributed by atoms with van der Waals surface area (Å²) in [4.78, 5) is 26.0. The van der Waals surface area contributed by atoms with Gasteiger partial charge < -0.3 is 18.8 Å². The van der Waals surface area contributed by atoms with Crippen molar-refractivity contribution in [1.82, 2.24) is 4.57 Å². The second-order valence-corrected chi connectivity index (χ2v) is 11.6. The first-order valence-electron chi connectivity index (χ1n) is 11.5. The van der Waals surface area contributed by atoms with Gasteiger partial charge in [-0.15, -0.1) is 0 Å². The van der Waals surface area contributed by atoms with E-state index in [0.717, 1.165) is 25.7 Å². The maximum absolute atomic E-state index is 13.4. The van der Waals surface area contributed by atoms with E-state index in [9.17, 15) is 18.0 Å². The molecule has 1 saturated carbocycles. The molecule has 1 aromatic heterocycles. The molecular weight excluding hydrogens is 482 g/mol. The quantitative estimate of drug-likeness (QED) is 0.546. The van der Waals surface area contributed by atoms with Gasteiger partial charge in [-0.3, -0.25) is 4.79 Å². The lowest BCUT2D eigenvalue weighted by Crippen LogP contribution is -2.32. The zero-order chi connectivity index (χ0) is 24.2. The normalized spacial score (nSPS) is 20.6. The molecular formula is C24H26ClNO7S. The van der Waals surface area contributed by atoms with Crippen LogP contribution in [-0.4, -0.2) is 44.4 Å². The molecule has 1 aliphatic carbocycles. The number of benzene rings is 1. The van der Waals surface area contributed by atoms with Crippen LogP contribution in [0.25, 0.3) is 11.3 Å². The number of hydrogen-bond acceptors (Lipinski definition) is 7. The Labute approximate surface area is 202 Å². The van der Waals surface area contributed by atoms with Crippen molar-refractivity contribution in [3.63, 3.8) is 0 Å². The van der Waals surface area contributed by atoms with Gasteiger partial charge in [0.2, 0.25) is 0 Å². The maximum Gasteiger partial charge on any atom is 0.344 e. The van der Waals surface area contributed by atoms with E-state index in [1.165, 1.54) is 12.1 Å². The van der Waals surface area contributed by atoms with E-state index in [0.29, 0.717) is 23.4 Å². The minimum absolute atomic E-state index is 0.0477. The third-order valence-electron chi connectivity index (χ3n) is 6.21. The van der Waals surface area contributed by atoms with Crippen molar-refractivity contribution in [2.24, 2.45) is 0 Å². The Morgan fingerprint density at radius 1 is 1.24 bits per heavy atom. The highest BCUT2D eigenvalue weighted by Crippen LogP contribution is 2.46. The van der Waals surface area contributed by atoms with Gasteiger partial charge in [-0.2, -0.15) is 0 Å². The summed E-state index contributed by atoms with van der Waals surface area (Å²) in [5.74, 6) is -0.825. The van der Waals surface area contributed by atoms with E-state index in [1.807, 2.05) is 0 Å². The van der Waals surface area contributed by atoms with Crippen LogP contribution in [0.1, 0.15) is 61.5 Å². The number of aromatic nitrogens is 1. The summed E-state index contributed by atoms with van der Waals surface area (Å²) >= 11 is 6.51. The topological polar surface area (TPSA) is 101 Å². The third kappa shape index (κ3) is 4.25. The fourth-order valence-electron chi connectivity index (χ4n) is 4.54. The Kier molecular flexibility index (Phi) is 5.98. The number of hydrogen-bond donors (Lipinski definition) is 0. The second kappa shape index (κ2) is 8.70. The van der Waals surface area contributed by atoms with Crippen LogP contribution in [-0.2, 0) is 25.1 Å². The number of halogens is 1. The summed E-state index contributed by atoms with van der Waals surface area (Å²) in [6, 6.07) is 4.24. The molecule has 2 fully saturated rings. The highest BCUT2D eigenvalue weighted by atomic mass is 35.5. The zero-order valence-electron chi connectivity index (χ0n) is 19.0. The summed E-state index contributed by atoms with van der Waals surface area (Å²) in [5.41, 5.74) is 0.598. The van der Waals surface area contributed by atoms with Crippen LogP contribution in [0, 0.1) is 0 Å². The molecule has 0 radical (unpaired) electrons. The highest BCUT2D eigenvalue weighted by Gasteiger charge is 2.38. The Hall–Kier alpha value is -2.36. The van der Waals surface area contributed by atoms with E-state index in [-0.39, 0.29) is 45.7 Å². The first-order chi connectivity index (χ1) is 16.2. The van der Waals surface area contributed by atoms with Crippen molar-refractivity contribution in [2.45, 2.75) is 68.4 Å². The molecule has 0 bridgehead atoms. The second-order valence-electron chi connectivity index (χ2n) is 9.28. The van der Waals surface area contributed by atoms with Gasteiger partial charge in [0.25, 0.3) is 5.56 Å². The number of carbonyl (C=O) groups is 1. The lowest BCUT2D eigenvalue weighted by molar-refractivity contribution is 0.0375. The summed E-state index contributed by atoms with van der Waals surface area (Å²) in [5, 5.41) is 0.248. The summed E-state index contributed by atoms with van der Waals surface area (Å²) < 4.78 is 44.7. The van der Waals surface area contributed by atoms with E-state index in [2.05, 4.69) is 0 Å². The fraction of sp³-hybridized carbons (Fsp3) is 0.500. The van der Waals surface area contributed by atoms with Crippen molar-refractivity contribution < 1.29 is 27.4 Å². The summed E-state index contributed by atoms with van der Waals surface area (Å²) in [6.45, 7) is 4.35. The molecule has 10 heteroatoms. The number of nitrogens with zero attached hydrogens (tertiary/aromatic N) is 1. The van der Waals surface area contributed by atoms with Crippen LogP contribution in [0.15, 0.2) is 27.9 Å². The third-order valence-corrected chi connectivity index (χ3v) is 8.20. The van der Waals surface area contributed by atoms with E-state index < -0.39 is 27.5 Å². The van der Waals surface area contributed by atoms with Crippen LogP contribution in [0.2, 0.25) is 5.02 Å². The molecule has 34 heavy (non-hydrogen) atoms. The molecule has 2 aliphatic heterocycles. The molecule has 1 aromatic carbocycles. The summed E-state index contributed by atoms with van der Waals surface area (Å²) in [6.07, 6.45) is 2.93. The first-order valence-corrected chi connectivity index (χ1v) is 13.5. The van der Waals surface area contributed by atoms with E-state index >= 15 is 0 Å². The highest BCUT2D eigenvalue weighted by molar-refractivity contribution is 7.90. The number of fused-ring (bicyclic) bond motifs is 3. The van der Waals surface area contributed by atoms with Crippen molar-refractivity contribution in [3.05, 3.63) is 44.7 Å². The predicted octanol–water partition coefficient (Wildman–Crippen LogP) is 3.91. The van der Waals surface area contributed by atoms with Crippen LogP contribution in [0.5, 0.6) is 5.75 Å². The lowest BCUT2D eigenvalue weighted by atomic mass is 10.0. The van der Waals surface area contributed by atoms with Crippen molar-refractivity contribution in [1.29, 1.82) is 0 Å². The van der Waals surface area contributed by atoms with Gasteiger partial charge in [-0.1, -0.05) is 11.6 Å². The van der Waals surface area contributed by atoms with Crippen molar-refractivity contribution in [2.75, 3.05) is 13.2 Å². The van der Waals surface area contributed by atoms with Gasteiger partial charge in [0, 0.05) is 24.3 Å². The maximum atomic E-state index is 13.4. The monoisotopic (exact) mass is 507 g/mol. The molecule has 8 nitrogen and oxygen atoms in total. The number of carbonyl (C=O) groups excluding carboxylic acids is 1. The minimum atomic E-state index is -3.77. The molecule has 0 spiro atoms. The van der Waals surface area contributed by atoms with Crippen LogP contribution in [0.4, 0.5) is 0 Å². The van der Waals surface area contributed by atoms with Crippen molar-refractivity contribution >= 4 is 27.4 Å². The molecule has 3 aliphatic rings. The number of ether oxygens (including phenoxy) is 3. The number of sulfone groups is 1. The zero-order valence-corrected chi connectivity index (χ0v) is 20.6. The van der Waals surface area contributed by atoms with Gasteiger partial charge >= 0.3 is 5.97 Å². The molecule has 2 aromatic rings. The number of rotatable bonds is 6. The SMILES string of the molecule is CC(C)OC(=O)c1cc2c(n(C3CC3)c1=O)-c1cc(Cl)c(OC[C@H]3CCCO3)cc1S(=O)(=O)C2. The molecule has 0 amide bonds.